The van der Waals surface area contributed by atoms with E-state index in [-0.39, 0.29) is 5.76 Å². The lowest BCUT2D eigenvalue weighted by Gasteiger charge is -2.07. The summed E-state index contributed by atoms with van der Waals surface area (Å²) in [6, 6.07) is 7.33. The van der Waals surface area contributed by atoms with Gasteiger partial charge in [0.25, 0.3) is 5.91 Å². The lowest BCUT2D eigenvalue weighted by atomic mass is 10.1. The Balaban J connectivity index is 2.31. The van der Waals surface area contributed by atoms with E-state index in [2.05, 4.69) is 16.4 Å². The van der Waals surface area contributed by atoms with Gasteiger partial charge in [0.15, 0.2) is 6.39 Å². The fraction of sp³-hybridized carbons (Fsp3) is 0.154. The van der Waals surface area contributed by atoms with Crippen LogP contribution in [-0.2, 0) is 0 Å². The molecule has 18 heavy (non-hydrogen) atoms. The molecular weight excluding hydrogens is 230 g/mol. The Morgan fingerprint density at radius 1 is 1.44 bits per heavy atom. The number of nitriles is 1. The molecule has 0 saturated heterocycles. The Labute approximate surface area is 104 Å². The van der Waals surface area contributed by atoms with Crippen molar-refractivity contribution in [1.29, 1.82) is 5.26 Å². The molecule has 0 saturated carbocycles. The number of hydrogen-bond acceptors (Lipinski definition) is 4. The highest BCUT2D eigenvalue weighted by atomic mass is 16.3. The minimum absolute atomic E-state index is 0.153. The van der Waals surface area contributed by atoms with E-state index in [0.717, 1.165) is 5.56 Å². The molecule has 2 aromatic rings. The van der Waals surface area contributed by atoms with Crippen LogP contribution in [-0.4, -0.2) is 10.9 Å². The SMILES string of the molecule is Cc1cccc(NC(=O)c2ocnc2C)c1C#N. The number of carbonyl (C=O) groups is 1. The minimum Gasteiger partial charge on any atom is -0.438 e. The molecule has 0 fully saturated rings. The van der Waals surface area contributed by atoms with Crippen molar-refractivity contribution in [3.8, 4) is 6.07 Å². The maximum atomic E-state index is 11.9. The van der Waals surface area contributed by atoms with Gasteiger partial charge >= 0.3 is 0 Å². The molecule has 90 valence electrons. The molecule has 1 aromatic heterocycles. The van der Waals surface area contributed by atoms with Gasteiger partial charge in [-0.3, -0.25) is 4.79 Å². The average molecular weight is 241 g/mol. The number of anilines is 1. The van der Waals surface area contributed by atoms with Gasteiger partial charge in [0.2, 0.25) is 5.76 Å². The molecule has 0 radical (unpaired) electrons. The van der Waals surface area contributed by atoms with Crippen LogP contribution in [0.5, 0.6) is 0 Å². The maximum absolute atomic E-state index is 11.9. The molecule has 0 atom stereocenters. The van der Waals surface area contributed by atoms with Crippen LogP contribution in [0.15, 0.2) is 29.0 Å². The van der Waals surface area contributed by atoms with E-state index in [1.807, 2.05) is 13.0 Å². The monoisotopic (exact) mass is 241 g/mol. The van der Waals surface area contributed by atoms with Crippen LogP contribution < -0.4 is 5.32 Å². The van der Waals surface area contributed by atoms with E-state index in [1.54, 1.807) is 19.1 Å². The van der Waals surface area contributed by atoms with Crippen molar-refractivity contribution < 1.29 is 9.21 Å². The lowest BCUT2D eigenvalue weighted by molar-refractivity contribution is 0.0996. The zero-order valence-corrected chi connectivity index (χ0v) is 10.0. The van der Waals surface area contributed by atoms with E-state index >= 15 is 0 Å². The molecular formula is C13H11N3O2. The molecule has 1 heterocycles. The molecule has 0 unspecified atom stereocenters. The smallest absolute Gasteiger partial charge is 0.293 e. The van der Waals surface area contributed by atoms with Crippen LogP contribution in [0, 0.1) is 25.2 Å². The Morgan fingerprint density at radius 2 is 2.22 bits per heavy atom. The molecule has 2 rings (SSSR count). The topological polar surface area (TPSA) is 78.9 Å². The Hall–Kier alpha value is -2.61. The summed E-state index contributed by atoms with van der Waals surface area (Å²) in [6.07, 6.45) is 1.21. The van der Waals surface area contributed by atoms with Crippen LogP contribution in [0.25, 0.3) is 0 Å². The van der Waals surface area contributed by atoms with E-state index in [4.69, 9.17) is 9.68 Å². The van der Waals surface area contributed by atoms with Gasteiger partial charge in [-0.25, -0.2) is 4.98 Å². The number of carbonyl (C=O) groups excluding carboxylic acids is 1. The number of oxazole rings is 1. The van der Waals surface area contributed by atoms with Gasteiger partial charge in [0, 0.05) is 0 Å². The highest BCUT2D eigenvalue weighted by molar-refractivity contribution is 6.03. The first-order valence-electron chi connectivity index (χ1n) is 5.34. The van der Waals surface area contributed by atoms with Gasteiger partial charge in [-0.05, 0) is 25.5 Å². The summed E-state index contributed by atoms with van der Waals surface area (Å²) >= 11 is 0. The third-order valence-corrected chi connectivity index (χ3v) is 2.58. The Morgan fingerprint density at radius 3 is 2.83 bits per heavy atom. The van der Waals surface area contributed by atoms with Gasteiger partial charge in [-0.1, -0.05) is 12.1 Å². The van der Waals surface area contributed by atoms with Crippen molar-refractivity contribution in [3.05, 3.63) is 47.2 Å². The number of aryl methyl sites for hydroxylation is 2. The number of aromatic nitrogens is 1. The van der Waals surface area contributed by atoms with Crippen molar-refractivity contribution in [2.75, 3.05) is 5.32 Å². The first-order chi connectivity index (χ1) is 8.63. The Kier molecular flexibility index (Phi) is 3.11. The molecule has 1 amide bonds. The quantitative estimate of drug-likeness (QED) is 0.875. The summed E-state index contributed by atoms with van der Waals surface area (Å²) in [5.74, 6) is -0.257. The zero-order chi connectivity index (χ0) is 13.1. The first-order valence-corrected chi connectivity index (χ1v) is 5.34. The van der Waals surface area contributed by atoms with Crippen LogP contribution in [0.1, 0.15) is 27.4 Å². The second kappa shape index (κ2) is 4.72. The summed E-state index contributed by atoms with van der Waals surface area (Å²) < 4.78 is 5.00. The first kappa shape index (κ1) is 11.9. The number of hydrogen-bond donors (Lipinski definition) is 1. The van der Waals surface area contributed by atoms with E-state index in [1.165, 1.54) is 6.39 Å². The summed E-state index contributed by atoms with van der Waals surface area (Å²) in [4.78, 5) is 15.8. The highest BCUT2D eigenvalue weighted by Crippen LogP contribution is 2.19. The number of nitrogens with zero attached hydrogens (tertiary/aromatic N) is 2. The van der Waals surface area contributed by atoms with Crippen molar-refractivity contribution in [2.24, 2.45) is 0 Å². The maximum Gasteiger partial charge on any atom is 0.293 e. The molecule has 0 aliphatic heterocycles. The average Bonchev–Trinajstić information content (AvgIpc) is 2.76. The van der Waals surface area contributed by atoms with Crippen LogP contribution >= 0.6 is 0 Å². The van der Waals surface area contributed by atoms with Gasteiger partial charge in [-0.15, -0.1) is 0 Å². The van der Waals surface area contributed by atoms with Crippen LogP contribution in [0.3, 0.4) is 0 Å². The fourth-order valence-electron chi connectivity index (χ4n) is 1.62. The predicted octanol–water partition coefficient (Wildman–Crippen LogP) is 2.42. The summed E-state index contributed by atoms with van der Waals surface area (Å²) in [5, 5.41) is 11.7. The van der Waals surface area contributed by atoms with Crippen LogP contribution in [0.4, 0.5) is 5.69 Å². The van der Waals surface area contributed by atoms with Gasteiger partial charge in [0.05, 0.1) is 16.9 Å². The van der Waals surface area contributed by atoms with Crippen LogP contribution in [0.2, 0.25) is 0 Å². The normalized spacial score (nSPS) is 9.83. The van der Waals surface area contributed by atoms with Crippen molar-refractivity contribution in [1.82, 2.24) is 4.98 Å². The molecule has 0 bridgehead atoms. The number of rotatable bonds is 2. The third kappa shape index (κ3) is 2.09. The van der Waals surface area contributed by atoms with Gasteiger partial charge < -0.3 is 9.73 Å². The van der Waals surface area contributed by atoms with Gasteiger partial charge in [0.1, 0.15) is 6.07 Å². The number of benzene rings is 1. The number of amides is 1. The molecule has 0 spiro atoms. The highest BCUT2D eigenvalue weighted by Gasteiger charge is 2.16. The van der Waals surface area contributed by atoms with Crippen molar-refractivity contribution >= 4 is 11.6 Å². The van der Waals surface area contributed by atoms with Gasteiger partial charge in [-0.2, -0.15) is 5.26 Å². The van der Waals surface area contributed by atoms with E-state index in [9.17, 15) is 4.79 Å². The van der Waals surface area contributed by atoms with Crippen molar-refractivity contribution in [2.45, 2.75) is 13.8 Å². The molecule has 0 aliphatic carbocycles. The zero-order valence-electron chi connectivity index (χ0n) is 10.0. The fourth-order valence-corrected chi connectivity index (χ4v) is 1.62. The summed E-state index contributed by atoms with van der Waals surface area (Å²) in [5.41, 5.74) is 2.24. The third-order valence-electron chi connectivity index (χ3n) is 2.58. The summed E-state index contributed by atoms with van der Waals surface area (Å²) in [7, 11) is 0. The molecule has 1 aromatic carbocycles. The molecule has 5 nitrogen and oxygen atoms in total. The minimum atomic E-state index is -0.410. The molecule has 1 N–H and O–H groups in total. The second-order valence-electron chi connectivity index (χ2n) is 3.83. The number of nitrogens with one attached hydrogen (secondary N) is 1. The lowest BCUT2D eigenvalue weighted by Crippen LogP contribution is -2.13. The largest absolute Gasteiger partial charge is 0.438 e. The molecule has 0 aliphatic rings. The van der Waals surface area contributed by atoms with Crippen molar-refractivity contribution in [3.63, 3.8) is 0 Å². The Bertz CT molecular complexity index is 638. The molecule has 5 heteroatoms. The second-order valence-corrected chi connectivity index (χ2v) is 3.83. The standard InChI is InChI=1S/C13H11N3O2/c1-8-4-3-5-11(10(8)6-14)16-13(17)12-9(2)15-7-18-12/h3-5,7H,1-2H3,(H,16,17). The van der Waals surface area contributed by atoms with E-state index < -0.39 is 5.91 Å². The van der Waals surface area contributed by atoms with E-state index in [0.29, 0.717) is 16.9 Å². The predicted molar refractivity (Wildman–Crippen MR) is 65.1 cm³/mol. The summed E-state index contributed by atoms with van der Waals surface area (Å²) in [6.45, 7) is 3.49.